The van der Waals surface area contributed by atoms with Crippen LogP contribution in [0.25, 0.3) is 0 Å². The Balaban J connectivity index is 2.50. The molecule has 4 heteroatoms. The summed E-state index contributed by atoms with van der Waals surface area (Å²) in [6.07, 6.45) is 2.19. The topological polar surface area (TPSA) is 29.9 Å². The van der Waals surface area contributed by atoms with Crippen LogP contribution in [0.3, 0.4) is 0 Å². The van der Waals surface area contributed by atoms with E-state index < -0.39 is 0 Å². The zero-order chi connectivity index (χ0) is 12.1. The lowest BCUT2D eigenvalue weighted by Gasteiger charge is -2.07. The van der Waals surface area contributed by atoms with E-state index in [1.165, 1.54) is 12.1 Å². The van der Waals surface area contributed by atoms with Crippen LogP contribution in [-0.4, -0.2) is 16.3 Å². The zero-order valence-corrected chi connectivity index (χ0v) is 12.3. The molecule has 3 nitrogen and oxygen atoms in total. The molecule has 0 aromatic carbocycles. The quantitative estimate of drug-likeness (QED) is 0.816. The predicted molar refractivity (Wildman–Crippen MR) is 71.4 cm³/mol. The Hall–Kier alpha value is -0.350. The smallest absolute Gasteiger partial charge is 0.0767 e. The summed E-state index contributed by atoms with van der Waals surface area (Å²) in [7, 11) is 2.00. The van der Waals surface area contributed by atoms with Gasteiger partial charge in [-0.3, -0.25) is 4.68 Å². The summed E-state index contributed by atoms with van der Waals surface area (Å²) in [5.74, 6) is 0.758. The van der Waals surface area contributed by atoms with E-state index in [0.29, 0.717) is 0 Å². The number of aromatic nitrogens is 2. The van der Waals surface area contributed by atoms with Crippen molar-refractivity contribution in [3.05, 3.63) is 15.9 Å². The summed E-state index contributed by atoms with van der Waals surface area (Å²) < 4.78 is 3.13. The Morgan fingerprint density at radius 3 is 2.62 bits per heavy atom. The molecular weight excluding hydrogens is 266 g/mol. The molecule has 1 N–H and O–H groups in total. The highest BCUT2D eigenvalue weighted by Crippen LogP contribution is 2.21. The first kappa shape index (κ1) is 13.7. The number of nitrogens with zero attached hydrogens (tertiary/aromatic N) is 2. The largest absolute Gasteiger partial charge is 0.311 e. The van der Waals surface area contributed by atoms with Crippen molar-refractivity contribution in [3.8, 4) is 0 Å². The number of halogens is 1. The average molecular weight is 288 g/mol. The molecule has 16 heavy (non-hydrogen) atoms. The van der Waals surface area contributed by atoms with Crippen molar-refractivity contribution in [1.29, 1.82) is 0 Å². The van der Waals surface area contributed by atoms with Gasteiger partial charge in [-0.25, -0.2) is 0 Å². The van der Waals surface area contributed by atoms with Gasteiger partial charge in [-0.2, -0.15) is 5.10 Å². The monoisotopic (exact) mass is 287 g/mol. The zero-order valence-electron chi connectivity index (χ0n) is 10.7. The van der Waals surface area contributed by atoms with E-state index >= 15 is 0 Å². The number of aryl methyl sites for hydroxylation is 2. The van der Waals surface area contributed by atoms with Crippen molar-refractivity contribution >= 4 is 15.9 Å². The van der Waals surface area contributed by atoms with Crippen molar-refractivity contribution < 1.29 is 0 Å². The van der Waals surface area contributed by atoms with Crippen LogP contribution in [0.1, 0.15) is 38.6 Å². The Labute approximate surface area is 107 Å². The van der Waals surface area contributed by atoms with Gasteiger partial charge in [0.2, 0.25) is 0 Å². The van der Waals surface area contributed by atoms with Crippen LogP contribution in [0.15, 0.2) is 4.47 Å². The highest BCUT2D eigenvalue weighted by atomic mass is 79.9. The number of hydrogen-bond acceptors (Lipinski definition) is 2. The maximum atomic E-state index is 4.47. The molecule has 0 aliphatic carbocycles. The first-order valence-electron chi connectivity index (χ1n) is 5.97. The van der Waals surface area contributed by atoms with Crippen LogP contribution in [0.4, 0.5) is 0 Å². The third kappa shape index (κ3) is 3.59. The van der Waals surface area contributed by atoms with Gasteiger partial charge in [0.25, 0.3) is 0 Å². The summed E-state index contributed by atoms with van der Waals surface area (Å²) in [5.41, 5.74) is 2.38. The molecule has 92 valence electrons. The van der Waals surface area contributed by atoms with Crippen LogP contribution in [0.5, 0.6) is 0 Å². The second-order valence-corrected chi connectivity index (χ2v) is 5.34. The van der Waals surface area contributed by atoms with E-state index in [-0.39, 0.29) is 0 Å². The van der Waals surface area contributed by atoms with Gasteiger partial charge < -0.3 is 5.32 Å². The average Bonchev–Trinajstić information content (AvgIpc) is 2.50. The Morgan fingerprint density at radius 2 is 2.12 bits per heavy atom. The van der Waals surface area contributed by atoms with Gasteiger partial charge in [-0.15, -0.1) is 0 Å². The molecular formula is C12H22BrN3. The van der Waals surface area contributed by atoms with E-state index in [4.69, 9.17) is 0 Å². The molecule has 1 rings (SSSR count). The first-order chi connectivity index (χ1) is 7.56. The second kappa shape index (κ2) is 6.40. The molecule has 0 spiro atoms. The lowest BCUT2D eigenvalue weighted by Crippen LogP contribution is -2.18. The highest BCUT2D eigenvalue weighted by Gasteiger charge is 2.11. The van der Waals surface area contributed by atoms with E-state index in [1.807, 2.05) is 11.7 Å². The van der Waals surface area contributed by atoms with Gasteiger partial charge in [0.05, 0.1) is 15.9 Å². The van der Waals surface area contributed by atoms with E-state index in [1.54, 1.807) is 0 Å². The van der Waals surface area contributed by atoms with Gasteiger partial charge >= 0.3 is 0 Å². The summed E-state index contributed by atoms with van der Waals surface area (Å²) in [4.78, 5) is 0. The van der Waals surface area contributed by atoms with Gasteiger partial charge in [0.15, 0.2) is 0 Å². The minimum Gasteiger partial charge on any atom is -0.311 e. The standard InChI is InChI=1S/C12H22BrN3/c1-5-10-12(13)11(16(4)15-10)8-14-7-6-9(2)3/h9,14H,5-8H2,1-4H3. The van der Waals surface area contributed by atoms with Crippen LogP contribution in [0, 0.1) is 5.92 Å². The number of nitrogens with one attached hydrogen (secondary N) is 1. The van der Waals surface area contributed by atoms with E-state index in [9.17, 15) is 0 Å². The molecule has 0 bridgehead atoms. The van der Waals surface area contributed by atoms with E-state index in [0.717, 1.165) is 35.6 Å². The number of rotatable bonds is 6. The third-order valence-electron chi connectivity index (χ3n) is 2.69. The summed E-state index contributed by atoms with van der Waals surface area (Å²) >= 11 is 3.62. The fraction of sp³-hybridized carbons (Fsp3) is 0.750. The van der Waals surface area contributed by atoms with Crippen LogP contribution >= 0.6 is 15.9 Å². The second-order valence-electron chi connectivity index (χ2n) is 4.54. The lowest BCUT2D eigenvalue weighted by molar-refractivity contribution is 0.527. The Bertz CT molecular complexity index is 331. The maximum Gasteiger partial charge on any atom is 0.0767 e. The minimum atomic E-state index is 0.758. The Morgan fingerprint density at radius 1 is 1.44 bits per heavy atom. The molecule has 1 aromatic rings. The lowest BCUT2D eigenvalue weighted by atomic mass is 10.1. The van der Waals surface area contributed by atoms with Crippen molar-refractivity contribution in [2.24, 2.45) is 13.0 Å². The third-order valence-corrected chi connectivity index (χ3v) is 3.61. The molecule has 0 amide bonds. The number of hydrogen-bond donors (Lipinski definition) is 1. The summed E-state index contributed by atoms with van der Waals surface area (Å²) in [6.45, 7) is 8.57. The van der Waals surface area contributed by atoms with Gasteiger partial charge in [-0.1, -0.05) is 20.8 Å². The molecule has 0 saturated carbocycles. The summed E-state index contributed by atoms with van der Waals surface area (Å²) in [5, 5.41) is 7.93. The molecule has 0 aliphatic heterocycles. The fourth-order valence-electron chi connectivity index (χ4n) is 1.61. The molecule has 0 saturated heterocycles. The molecule has 0 fully saturated rings. The molecule has 0 radical (unpaired) electrons. The Kier molecular flexibility index (Phi) is 5.49. The normalized spacial score (nSPS) is 11.4. The van der Waals surface area contributed by atoms with Gasteiger partial charge in [-0.05, 0) is 41.2 Å². The fourth-order valence-corrected chi connectivity index (χ4v) is 2.37. The summed E-state index contributed by atoms with van der Waals surface area (Å²) in [6, 6.07) is 0. The van der Waals surface area contributed by atoms with Crippen molar-refractivity contribution in [3.63, 3.8) is 0 Å². The highest BCUT2D eigenvalue weighted by molar-refractivity contribution is 9.10. The van der Waals surface area contributed by atoms with E-state index in [2.05, 4.69) is 47.1 Å². The van der Waals surface area contributed by atoms with Crippen LogP contribution < -0.4 is 5.32 Å². The van der Waals surface area contributed by atoms with Crippen molar-refractivity contribution in [2.75, 3.05) is 6.54 Å². The molecule has 0 atom stereocenters. The SMILES string of the molecule is CCc1nn(C)c(CNCCC(C)C)c1Br. The first-order valence-corrected chi connectivity index (χ1v) is 6.76. The van der Waals surface area contributed by atoms with Gasteiger partial charge in [0, 0.05) is 13.6 Å². The molecule has 1 aromatic heterocycles. The predicted octanol–water partition coefficient (Wildman–Crippen LogP) is 2.88. The van der Waals surface area contributed by atoms with Crippen LogP contribution in [0.2, 0.25) is 0 Å². The van der Waals surface area contributed by atoms with Crippen molar-refractivity contribution in [2.45, 2.75) is 40.2 Å². The van der Waals surface area contributed by atoms with Crippen molar-refractivity contribution in [1.82, 2.24) is 15.1 Å². The van der Waals surface area contributed by atoms with Crippen LogP contribution in [-0.2, 0) is 20.0 Å². The molecule has 0 unspecified atom stereocenters. The van der Waals surface area contributed by atoms with Gasteiger partial charge in [0.1, 0.15) is 0 Å². The molecule has 1 heterocycles. The minimum absolute atomic E-state index is 0.758. The molecule has 0 aliphatic rings. The maximum absolute atomic E-state index is 4.47.